The molecule has 1 N–H and O–H groups in total. The minimum atomic E-state index is -0.186. The van der Waals surface area contributed by atoms with Crippen molar-refractivity contribution in [3.63, 3.8) is 0 Å². The molecule has 2 heterocycles. The van der Waals surface area contributed by atoms with Crippen molar-refractivity contribution >= 4 is 28.8 Å². The lowest BCUT2D eigenvalue weighted by Crippen LogP contribution is -2.31. The molecule has 0 bridgehead atoms. The lowest BCUT2D eigenvalue weighted by Gasteiger charge is -2.21. The number of hydrogen-bond acceptors (Lipinski definition) is 3. The zero-order chi connectivity index (χ0) is 14.7. The van der Waals surface area contributed by atoms with Crippen LogP contribution in [0.1, 0.15) is 40.8 Å². The maximum Gasteiger partial charge on any atom is 0.254 e. The van der Waals surface area contributed by atoms with E-state index in [1.165, 1.54) is 6.20 Å². The molecule has 5 heteroatoms. The summed E-state index contributed by atoms with van der Waals surface area (Å²) in [5.74, 6) is 0.115. The molecule has 0 aromatic carbocycles. The first kappa shape index (κ1) is 15.0. The number of rotatable bonds is 4. The fraction of sp³-hybridized carbons (Fsp3) is 0.333. The van der Waals surface area contributed by atoms with E-state index in [-0.39, 0.29) is 11.9 Å². The van der Waals surface area contributed by atoms with Gasteiger partial charge in [-0.05, 0) is 30.4 Å². The van der Waals surface area contributed by atoms with E-state index in [2.05, 4.69) is 24.1 Å². The SMILES string of the molecule is Cc1cc(Cl)c(C(=O)NC(c2cccs2)C(C)C)cn1. The molecule has 20 heavy (non-hydrogen) atoms. The summed E-state index contributed by atoms with van der Waals surface area (Å²) < 4.78 is 0. The van der Waals surface area contributed by atoms with Crippen LogP contribution in [0.15, 0.2) is 29.8 Å². The molecule has 3 nitrogen and oxygen atoms in total. The molecular formula is C15H17ClN2OS. The Hall–Kier alpha value is -1.39. The largest absolute Gasteiger partial charge is 0.344 e. The zero-order valence-corrected chi connectivity index (χ0v) is 13.3. The van der Waals surface area contributed by atoms with Crippen LogP contribution in [-0.4, -0.2) is 10.9 Å². The number of carbonyl (C=O) groups excluding carboxylic acids is 1. The van der Waals surface area contributed by atoms with Crippen LogP contribution in [0, 0.1) is 12.8 Å². The van der Waals surface area contributed by atoms with Crippen LogP contribution in [0.2, 0.25) is 5.02 Å². The Balaban J connectivity index is 2.21. The summed E-state index contributed by atoms with van der Waals surface area (Å²) in [4.78, 5) is 17.6. The molecular weight excluding hydrogens is 292 g/mol. The van der Waals surface area contributed by atoms with Crippen LogP contribution in [0.5, 0.6) is 0 Å². The zero-order valence-electron chi connectivity index (χ0n) is 11.7. The van der Waals surface area contributed by atoms with E-state index >= 15 is 0 Å². The Morgan fingerprint density at radius 1 is 1.45 bits per heavy atom. The first-order valence-electron chi connectivity index (χ1n) is 6.45. The highest BCUT2D eigenvalue weighted by Gasteiger charge is 2.21. The molecule has 2 rings (SSSR count). The molecule has 1 unspecified atom stereocenters. The molecule has 1 atom stereocenters. The van der Waals surface area contributed by atoms with Crippen LogP contribution < -0.4 is 5.32 Å². The Labute approximate surface area is 128 Å². The number of nitrogens with one attached hydrogen (secondary N) is 1. The highest BCUT2D eigenvalue weighted by Crippen LogP contribution is 2.26. The van der Waals surface area contributed by atoms with Gasteiger partial charge in [0, 0.05) is 16.8 Å². The summed E-state index contributed by atoms with van der Waals surface area (Å²) in [5.41, 5.74) is 1.21. The minimum absolute atomic E-state index is 0.0140. The Kier molecular flexibility index (Phi) is 4.78. The number of aromatic nitrogens is 1. The van der Waals surface area contributed by atoms with Crippen molar-refractivity contribution < 1.29 is 4.79 Å². The number of thiophene rings is 1. The second kappa shape index (κ2) is 6.37. The summed E-state index contributed by atoms with van der Waals surface area (Å²) in [5, 5.41) is 5.49. The molecule has 1 amide bonds. The van der Waals surface area contributed by atoms with Gasteiger partial charge in [-0.1, -0.05) is 31.5 Å². The predicted octanol–water partition coefficient (Wildman–Crippen LogP) is 4.23. The fourth-order valence-electron chi connectivity index (χ4n) is 1.95. The van der Waals surface area contributed by atoms with Crippen LogP contribution in [0.3, 0.4) is 0 Å². The fourth-order valence-corrected chi connectivity index (χ4v) is 3.19. The Bertz CT molecular complexity index is 596. The lowest BCUT2D eigenvalue weighted by atomic mass is 10.0. The van der Waals surface area contributed by atoms with Crippen LogP contribution in [0.25, 0.3) is 0 Å². The summed E-state index contributed by atoms with van der Waals surface area (Å²) >= 11 is 7.75. The van der Waals surface area contributed by atoms with Crippen molar-refractivity contribution in [1.82, 2.24) is 10.3 Å². The van der Waals surface area contributed by atoms with Gasteiger partial charge >= 0.3 is 0 Å². The van der Waals surface area contributed by atoms with Crippen molar-refractivity contribution in [2.75, 3.05) is 0 Å². The number of hydrogen-bond donors (Lipinski definition) is 1. The third-order valence-corrected chi connectivity index (χ3v) is 4.31. The number of carbonyl (C=O) groups is 1. The van der Waals surface area contributed by atoms with Crippen molar-refractivity contribution in [3.05, 3.63) is 50.9 Å². The Morgan fingerprint density at radius 2 is 2.20 bits per heavy atom. The van der Waals surface area contributed by atoms with Crippen molar-refractivity contribution in [2.24, 2.45) is 5.92 Å². The van der Waals surface area contributed by atoms with Crippen molar-refractivity contribution in [2.45, 2.75) is 26.8 Å². The van der Waals surface area contributed by atoms with Crippen molar-refractivity contribution in [1.29, 1.82) is 0 Å². The van der Waals surface area contributed by atoms with E-state index in [1.807, 2.05) is 24.4 Å². The standard InChI is InChI=1S/C15H17ClN2OS/c1-9(2)14(13-5-4-6-20-13)18-15(19)11-8-17-10(3)7-12(11)16/h4-9,14H,1-3H3,(H,18,19). The van der Waals surface area contributed by atoms with E-state index in [1.54, 1.807) is 17.4 Å². The summed E-state index contributed by atoms with van der Waals surface area (Å²) in [6.45, 7) is 6.01. The van der Waals surface area contributed by atoms with Gasteiger partial charge in [0.2, 0.25) is 0 Å². The summed E-state index contributed by atoms with van der Waals surface area (Å²) in [7, 11) is 0. The molecule has 0 aliphatic rings. The van der Waals surface area contributed by atoms with Crippen molar-refractivity contribution in [3.8, 4) is 0 Å². The molecule has 2 aromatic heterocycles. The van der Waals surface area contributed by atoms with Crippen LogP contribution in [-0.2, 0) is 0 Å². The van der Waals surface area contributed by atoms with E-state index < -0.39 is 0 Å². The van der Waals surface area contributed by atoms with Gasteiger partial charge in [0.05, 0.1) is 16.6 Å². The van der Waals surface area contributed by atoms with E-state index in [0.29, 0.717) is 16.5 Å². The normalized spacial score (nSPS) is 12.4. The van der Waals surface area contributed by atoms with Gasteiger partial charge < -0.3 is 5.32 Å². The number of halogens is 1. The number of amides is 1. The monoisotopic (exact) mass is 308 g/mol. The third-order valence-electron chi connectivity index (χ3n) is 3.04. The maximum absolute atomic E-state index is 12.4. The smallest absolute Gasteiger partial charge is 0.254 e. The lowest BCUT2D eigenvalue weighted by molar-refractivity contribution is 0.0926. The first-order valence-corrected chi connectivity index (χ1v) is 7.71. The number of pyridine rings is 1. The van der Waals surface area contributed by atoms with E-state index in [0.717, 1.165) is 10.6 Å². The van der Waals surface area contributed by atoms with Gasteiger partial charge in [0.15, 0.2) is 0 Å². The van der Waals surface area contributed by atoms with Gasteiger partial charge in [-0.2, -0.15) is 0 Å². The van der Waals surface area contributed by atoms with Gasteiger partial charge in [0.25, 0.3) is 5.91 Å². The molecule has 2 aromatic rings. The molecule has 0 aliphatic heterocycles. The molecule has 0 aliphatic carbocycles. The van der Waals surface area contributed by atoms with Crippen LogP contribution in [0.4, 0.5) is 0 Å². The average Bonchev–Trinajstić information content (AvgIpc) is 2.88. The quantitative estimate of drug-likeness (QED) is 0.918. The van der Waals surface area contributed by atoms with E-state index in [4.69, 9.17) is 11.6 Å². The average molecular weight is 309 g/mol. The summed E-state index contributed by atoms with van der Waals surface area (Å²) in [6.07, 6.45) is 1.53. The minimum Gasteiger partial charge on any atom is -0.344 e. The molecule has 0 spiro atoms. The highest BCUT2D eigenvalue weighted by molar-refractivity contribution is 7.10. The highest BCUT2D eigenvalue weighted by atomic mass is 35.5. The van der Waals surface area contributed by atoms with E-state index in [9.17, 15) is 4.79 Å². The molecule has 0 radical (unpaired) electrons. The Morgan fingerprint density at radius 3 is 2.75 bits per heavy atom. The molecule has 0 saturated carbocycles. The summed E-state index contributed by atoms with van der Waals surface area (Å²) in [6, 6.07) is 5.71. The second-order valence-electron chi connectivity index (χ2n) is 5.02. The maximum atomic E-state index is 12.4. The molecule has 106 valence electrons. The topological polar surface area (TPSA) is 42.0 Å². The van der Waals surface area contributed by atoms with Gasteiger partial charge in [-0.3, -0.25) is 9.78 Å². The van der Waals surface area contributed by atoms with Crippen LogP contribution >= 0.6 is 22.9 Å². The third kappa shape index (κ3) is 3.38. The first-order chi connectivity index (χ1) is 9.49. The van der Waals surface area contributed by atoms with Gasteiger partial charge in [-0.25, -0.2) is 0 Å². The predicted molar refractivity (Wildman–Crippen MR) is 83.3 cm³/mol. The molecule has 0 saturated heterocycles. The second-order valence-corrected chi connectivity index (χ2v) is 6.40. The number of aryl methyl sites for hydroxylation is 1. The van der Waals surface area contributed by atoms with Gasteiger partial charge in [0.1, 0.15) is 0 Å². The molecule has 0 fully saturated rings. The van der Waals surface area contributed by atoms with Gasteiger partial charge in [-0.15, -0.1) is 11.3 Å². The number of nitrogens with zero attached hydrogens (tertiary/aromatic N) is 1.